The second-order valence-electron chi connectivity index (χ2n) is 6.40. The van der Waals surface area contributed by atoms with Crippen LogP contribution >= 0.6 is 27.3 Å². The molecule has 0 spiro atoms. The summed E-state index contributed by atoms with van der Waals surface area (Å²) < 4.78 is 20.0. The molecule has 9 heteroatoms. The van der Waals surface area contributed by atoms with E-state index in [4.69, 9.17) is 4.52 Å². The van der Waals surface area contributed by atoms with Gasteiger partial charge < -0.3 is 9.42 Å². The smallest absolute Gasteiger partial charge is 0.223 e. The molecule has 0 radical (unpaired) electrons. The average Bonchev–Trinajstić information content (AvgIpc) is 3.27. The Hall–Kier alpha value is -1.87. The Kier molecular flexibility index (Phi) is 4.99. The van der Waals surface area contributed by atoms with E-state index < -0.39 is 0 Å². The molecular weight excluding hydrogens is 421 g/mol. The number of benzene rings is 1. The van der Waals surface area contributed by atoms with E-state index in [1.165, 1.54) is 17.4 Å². The van der Waals surface area contributed by atoms with E-state index in [1.807, 2.05) is 0 Å². The Morgan fingerprint density at radius 2 is 2.27 bits per heavy atom. The number of aryl methyl sites for hydroxylation is 1. The molecule has 6 nitrogen and oxygen atoms in total. The highest BCUT2D eigenvalue weighted by molar-refractivity contribution is 9.10. The Labute approximate surface area is 162 Å². The molecule has 1 unspecified atom stereocenters. The number of halogens is 2. The van der Waals surface area contributed by atoms with Crippen molar-refractivity contribution in [3.8, 4) is 10.6 Å². The molecule has 136 valence electrons. The number of piperidine rings is 1. The third-order valence-electron chi connectivity index (χ3n) is 4.40. The van der Waals surface area contributed by atoms with Crippen molar-refractivity contribution >= 4 is 32.4 Å². The van der Waals surface area contributed by atoms with Crippen LogP contribution in [0.15, 0.2) is 27.2 Å². The zero-order chi connectivity index (χ0) is 18.1. The van der Waals surface area contributed by atoms with Crippen LogP contribution in [0.5, 0.6) is 0 Å². The molecule has 3 aromatic rings. The van der Waals surface area contributed by atoms with Crippen molar-refractivity contribution in [1.29, 1.82) is 0 Å². The van der Waals surface area contributed by atoms with Crippen LogP contribution in [-0.2, 0) is 6.42 Å². The first kappa shape index (κ1) is 17.5. The summed E-state index contributed by atoms with van der Waals surface area (Å²) in [6.45, 7) is 3.59. The normalized spacial score (nSPS) is 17.7. The molecule has 1 aliphatic rings. The topological polar surface area (TPSA) is 67.9 Å². The molecule has 1 aromatic carbocycles. The Morgan fingerprint density at radius 3 is 3.08 bits per heavy atom. The molecule has 0 N–H and O–H groups in total. The first-order valence-electron chi connectivity index (χ1n) is 8.41. The highest BCUT2D eigenvalue weighted by atomic mass is 79.9. The van der Waals surface area contributed by atoms with Gasteiger partial charge in [-0.05, 0) is 37.0 Å². The number of rotatable bonds is 4. The van der Waals surface area contributed by atoms with E-state index in [2.05, 4.69) is 41.2 Å². The van der Waals surface area contributed by atoms with Crippen molar-refractivity contribution in [3.63, 3.8) is 0 Å². The van der Waals surface area contributed by atoms with E-state index in [0.717, 1.165) is 47.8 Å². The van der Waals surface area contributed by atoms with Gasteiger partial charge in [-0.25, -0.2) is 4.39 Å². The van der Waals surface area contributed by atoms with E-state index in [0.29, 0.717) is 22.4 Å². The maximum atomic E-state index is 14.1. The number of hydrogen-bond acceptors (Lipinski definition) is 7. The summed E-state index contributed by atoms with van der Waals surface area (Å²) in [5.41, 5.74) is 0.471. The lowest BCUT2D eigenvalue weighted by Crippen LogP contribution is -2.36. The van der Waals surface area contributed by atoms with Crippen LogP contribution in [0.25, 0.3) is 10.6 Å². The molecule has 0 saturated carbocycles. The van der Waals surface area contributed by atoms with Gasteiger partial charge in [0.2, 0.25) is 11.0 Å². The quantitative estimate of drug-likeness (QED) is 0.607. The Bertz CT molecular complexity index is 914. The van der Waals surface area contributed by atoms with Gasteiger partial charge in [0.05, 0.1) is 0 Å². The molecular formula is C17H17BrFN5OS. The highest BCUT2D eigenvalue weighted by Gasteiger charge is 2.25. The van der Waals surface area contributed by atoms with Crippen LogP contribution < -0.4 is 4.90 Å². The van der Waals surface area contributed by atoms with Crippen molar-refractivity contribution in [1.82, 2.24) is 20.3 Å². The van der Waals surface area contributed by atoms with Gasteiger partial charge in [0.25, 0.3) is 0 Å². The fourth-order valence-corrected chi connectivity index (χ4v) is 4.46. The monoisotopic (exact) mass is 437 g/mol. The minimum Gasteiger partial charge on any atom is -0.346 e. The first-order valence-corrected chi connectivity index (χ1v) is 10.0. The van der Waals surface area contributed by atoms with Crippen LogP contribution in [0.2, 0.25) is 0 Å². The molecule has 2 aromatic heterocycles. The third kappa shape index (κ3) is 3.78. The summed E-state index contributed by atoms with van der Waals surface area (Å²) in [7, 11) is 0. The Morgan fingerprint density at radius 1 is 1.38 bits per heavy atom. The van der Waals surface area contributed by atoms with Crippen LogP contribution in [0.1, 0.15) is 24.6 Å². The molecule has 1 aliphatic heterocycles. The van der Waals surface area contributed by atoms with Crippen molar-refractivity contribution < 1.29 is 8.91 Å². The van der Waals surface area contributed by atoms with Gasteiger partial charge in [0, 0.05) is 36.5 Å². The molecule has 26 heavy (non-hydrogen) atoms. The van der Waals surface area contributed by atoms with Crippen molar-refractivity contribution in [2.24, 2.45) is 5.92 Å². The summed E-state index contributed by atoms with van der Waals surface area (Å²) in [6, 6.07) is 4.84. The number of aromatic nitrogens is 4. The molecule has 1 saturated heterocycles. The second-order valence-corrected chi connectivity index (χ2v) is 8.27. The molecule has 0 amide bonds. The van der Waals surface area contributed by atoms with Crippen LogP contribution in [0, 0.1) is 18.7 Å². The summed E-state index contributed by atoms with van der Waals surface area (Å²) >= 11 is 4.80. The van der Waals surface area contributed by atoms with E-state index >= 15 is 0 Å². The van der Waals surface area contributed by atoms with Gasteiger partial charge in [-0.1, -0.05) is 32.4 Å². The predicted molar refractivity (Wildman–Crippen MR) is 101 cm³/mol. The summed E-state index contributed by atoms with van der Waals surface area (Å²) in [4.78, 5) is 6.52. The summed E-state index contributed by atoms with van der Waals surface area (Å²) in [6.07, 6.45) is 2.98. The SMILES string of the molecule is Cc1nc(CC2CCCN(c3nnc(-c4cc(Br)ccc4F)s3)C2)no1. The van der Waals surface area contributed by atoms with E-state index in [1.54, 1.807) is 19.1 Å². The molecule has 0 aliphatic carbocycles. The second kappa shape index (κ2) is 7.40. The number of nitrogens with zero attached hydrogens (tertiary/aromatic N) is 5. The molecule has 0 bridgehead atoms. The van der Waals surface area contributed by atoms with Crippen molar-refractivity contribution in [2.75, 3.05) is 18.0 Å². The maximum Gasteiger partial charge on any atom is 0.223 e. The van der Waals surface area contributed by atoms with Gasteiger partial charge in [-0.3, -0.25) is 0 Å². The van der Waals surface area contributed by atoms with Crippen molar-refractivity contribution in [3.05, 3.63) is 40.2 Å². The zero-order valence-electron chi connectivity index (χ0n) is 14.2. The molecule has 3 heterocycles. The van der Waals surface area contributed by atoms with E-state index in [9.17, 15) is 4.39 Å². The average molecular weight is 438 g/mol. The van der Waals surface area contributed by atoms with Gasteiger partial charge in [-0.15, -0.1) is 10.2 Å². The van der Waals surface area contributed by atoms with Gasteiger partial charge >= 0.3 is 0 Å². The summed E-state index contributed by atoms with van der Waals surface area (Å²) in [5, 5.41) is 13.9. The van der Waals surface area contributed by atoms with Gasteiger partial charge in [-0.2, -0.15) is 4.98 Å². The number of hydrogen-bond donors (Lipinski definition) is 0. The summed E-state index contributed by atoms with van der Waals surface area (Å²) in [5.74, 6) is 1.50. The highest BCUT2D eigenvalue weighted by Crippen LogP contribution is 2.34. The largest absolute Gasteiger partial charge is 0.346 e. The van der Waals surface area contributed by atoms with Crippen LogP contribution in [0.4, 0.5) is 9.52 Å². The minimum atomic E-state index is -0.292. The van der Waals surface area contributed by atoms with E-state index in [-0.39, 0.29) is 5.82 Å². The Balaban J connectivity index is 1.49. The number of anilines is 1. The fraction of sp³-hybridized carbons (Fsp3) is 0.412. The zero-order valence-corrected chi connectivity index (χ0v) is 16.6. The van der Waals surface area contributed by atoms with Crippen LogP contribution in [0.3, 0.4) is 0 Å². The maximum absolute atomic E-state index is 14.1. The molecule has 1 fully saturated rings. The third-order valence-corrected chi connectivity index (χ3v) is 5.91. The molecule has 1 atom stereocenters. The molecule has 4 rings (SSSR count). The minimum absolute atomic E-state index is 0.292. The standard InChI is InChI=1S/C17H17BrFN5OS/c1-10-20-15(23-25-10)7-11-3-2-6-24(9-11)17-22-21-16(26-17)13-8-12(18)4-5-14(13)19/h4-5,8,11H,2-3,6-7,9H2,1H3. The van der Waals surface area contributed by atoms with Gasteiger partial charge in [0.1, 0.15) is 5.82 Å². The lowest BCUT2D eigenvalue weighted by Gasteiger charge is -2.31. The first-order chi connectivity index (χ1) is 12.6. The lowest BCUT2D eigenvalue weighted by molar-refractivity contribution is 0.369. The van der Waals surface area contributed by atoms with Crippen LogP contribution in [-0.4, -0.2) is 33.4 Å². The van der Waals surface area contributed by atoms with Crippen molar-refractivity contribution in [2.45, 2.75) is 26.2 Å². The fourth-order valence-electron chi connectivity index (χ4n) is 3.20. The lowest BCUT2D eigenvalue weighted by atomic mass is 9.95. The van der Waals surface area contributed by atoms with Gasteiger partial charge in [0.15, 0.2) is 10.8 Å². The predicted octanol–water partition coefficient (Wildman–Crippen LogP) is 4.26.